The number of rotatable bonds is 4. The highest BCUT2D eigenvalue weighted by Gasteiger charge is 2.30. The lowest BCUT2D eigenvalue weighted by Crippen LogP contribution is -2.42. The number of likely N-dealkylation sites (N-methyl/N-ethyl adjacent to an activating group) is 1. The summed E-state index contributed by atoms with van der Waals surface area (Å²) in [6.07, 6.45) is -0.347. The van der Waals surface area contributed by atoms with Gasteiger partial charge in [0.25, 0.3) is 0 Å². The fraction of sp³-hybridized carbons (Fsp3) is 0.368. The second kappa shape index (κ2) is 6.69. The van der Waals surface area contributed by atoms with Crippen molar-refractivity contribution in [2.24, 2.45) is 0 Å². The number of benzene rings is 2. The number of fused-ring (bicyclic) bond motifs is 1. The predicted octanol–water partition coefficient (Wildman–Crippen LogP) is 3.07. The molecule has 2 aromatic carbocycles. The molecule has 2 aromatic rings. The van der Waals surface area contributed by atoms with Gasteiger partial charge in [-0.15, -0.1) is 0 Å². The molecule has 1 atom stereocenters. The molecule has 3 rings (SSSR count). The summed E-state index contributed by atoms with van der Waals surface area (Å²) >= 11 is 0. The largest absolute Gasteiger partial charge is 0.486 e. The van der Waals surface area contributed by atoms with E-state index in [1.165, 1.54) is 4.31 Å². The summed E-state index contributed by atoms with van der Waals surface area (Å²) < 4.78 is 39.0. The molecule has 0 aromatic heterocycles. The van der Waals surface area contributed by atoms with Crippen LogP contribution in [0.3, 0.4) is 0 Å². The molecule has 1 aliphatic heterocycles. The Kier molecular flexibility index (Phi) is 4.75. The molecular weight excluding hydrogens is 338 g/mol. The normalized spacial score (nSPS) is 16.9. The zero-order valence-corrected chi connectivity index (χ0v) is 15.8. The quantitative estimate of drug-likeness (QED) is 0.840. The molecule has 5 nitrogen and oxygen atoms in total. The van der Waals surface area contributed by atoms with Crippen LogP contribution in [0, 0.1) is 20.8 Å². The molecule has 0 spiro atoms. The van der Waals surface area contributed by atoms with Crippen molar-refractivity contribution in [1.82, 2.24) is 4.31 Å². The molecule has 0 amide bonds. The maximum atomic E-state index is 13.0. The fourth-order valence-corrected chi connectivity index (χ4v) is 4.87. The molecule has 0 bridgehead atoms. The summed E-state index contributed by atoms with van der Waals surface area (Å²) in [6.45, 7) is 6.17. The van der Waals surface area contributed by atoms with Gasteiger partial charge in [0.05, 0.1) is 11.4 Å². The Morgan fingerprint density at radius 1 is 1.08 bits per heavy atom. The summed E-state index contributed by atoms with van der Waals surface area (Å²) in [5, 5.41) is 0. The van der Waals surface area contributed by atoms with Crippen LogP contribution in [0.15, 0.2) is 41.3 Å². The number of sulfonamides is 1. The van der Waals surface area contributed by atoms with Crippen LogP contribution in [-0.4, -0.2) is 39.0 Å². The lowest BCUT2D eigenvalue weighted by molar-refractivity contribution is 0.0798. The molecule has 25 heavy (non-hydrogen) atoms. The first-order valence-electron chi connectivity index (χ1n) is 8.21. The van der Waals surface area contributed by atoms with Gasteiger partial charge in [0.1, 0.15) is 12.7 Å². The van der Waals surface area contributed by atoms with Gasteiger partial charge in [-0.25, -0.2) is 8.42 Å². The molecule has 1 heterocycles. The predicted molar refractivity (Wildman–Crippen MR) is 96.8 cm³/mol. The Balaban J connectivity index is 1.81. The topological polar surface area (TPSA) is 55.8 Å². The second-order valence-electron chi connectivity index (χ2n) is 6.51. The van der Waals surface area contributed by atoms with Crippen LogP contribution < -0.4 is 9.47 Å². The average molecular weight is 361 g/mol. The smallest absolute Gasteiger partial charge is 0.243 e. The average Bonchev–Trinajstić information content (AvgIpc) is 2.53. The van der Waals surface area contributed by atoms with Gasteiger partial charge in [-0.1, -0.05) is 29.8 Å². The van der Waals surface area contributed by atoms with Gasteiger partial charge in [0.2, 0.25) is 10.0 Å². The van der Waals surface area contributed by atoms with Crippen LogP contribution in [0.5, 0.6) is 11.5 Å². The van der Waals surface area contributed by atoms with Crippen LogP contribution in [0.25, 0.3) is 0 Å². The van der Waals surface area contributed by atoms with Crippen molar-refractivity contribution in [2.45, 2.75) is 31.8 Å². The number of nitrogens with zero attached hydrogens (tertiary/aromatic N) is 1. The summed E-state index contributed by atoms with van der Waals surface area (Å²) in [4.78, 5) is 0.373. The Morgan fingerprint density at radius 2 is 1.68 bits per heavy atom. The Hall–Kier alpha value is -2.05. The van der Waals surface area contributed by atoms with E-state index >= 15 is 0 Å². The molecule has 0 N–H and O–H groups in total. The third-order valence-electron chi connectivity index (χ3n) is 4.30. The van der Waals surface area contributed by atoms with Crippen LogP contribution in [0.2, 0.25) is 0 Å². The van der Waals surface area contributed by atoms with E-state index in [2.05, 4.69) is 0 Å². The molecule has 6 heteroatoms. The van der Waals surface area contributed by atoms with E-state index in [4.69, 9.17) is 9.47 Å². The van der Waals surface area contributed by atoms with Gasteiger partial charge >= 0.3 is 0 Å². The van der Waals surface area contributed by atoms with Crippen molar-refractivity contribution in [2.75, 3.05) is 20.2 Å². The minimum atomic E-state index is -3.60. The minimum Gasteiger partial charge on any atom is -0.486 e. The number of hydrogen-bond donors (Lipinski definition) is 0. The maximum Gasteiger partial charge on any atom is 0.243 e. The van der Waals surface area contributed by atoms with E-state index in [1.807, 2.05) is 57.2 Å². The maximum absolute atomic E-state index is 13.0. The number of aryl methyl sites for hydroxylation is 3. The molecule has 134 valence electrons. The van der Waals surface area contributed by atoms with Crippen molar-refractivity contribution in [3.63, 3.8) is 0 Å². The van der Waals surface area contributed by atoms with Crippen LogP contribution in [-0.2, 0) is 10.0 Å². The molecule has 0 radical (unpaired) electrons. The van der Waals surface area contributed by atoms with Crippen molar-refractivity contribution < 1.29 is 17.9 Å². The number of hydrogen-bond acceptors (Lipinski definition) is 4. The van der Waals surface area contributed by atoms with Crippen molar-refractivity contribution in [3.8, 4) is 11.5 Å². The van der Waals surface area contributed by atoms with Crippen LogP contribution in [0.1, 0.15) is 16.7 Å². The standard InChI is InChI=1S/C19H23NO4S/c1-13-9-14(2)19(15(3)10-13)25(21,22)20(4)11-16-12-23-17-7-5-6-8-18(17)24-16/h5-10,16H,11-12H2,1-4H3. The SMILES string of the molecule is Cc1cc(C)c(S(=O)(=O)N(C)CC2COc3ccccc3O2)c(C)c1. The number of ether oxygens (including phenoxy) is 2. The summed E-state index contributed by atoms with van der Waals surface area (Å²) in [5.41, 5.74) is 2.57. The number of para-hydroxylation sites is 2. The molecule has 0 aliphatic carbocycles. The van der Waals surface area contributed by atoms with E-state index in [0.29, 0.717) is 23.0 Å². The molecule has 1 aliphatic rings. The zero-order valence-electron chi connectivity index (χ0n) is 14.9. The highest BCUT2D eigenvalue weighted by Crippen LogP contribution is 2.31. The van der Waals surface area contributed by atoms with Crippen molar-refractivity contribution in [3.05, 3.63) is 53.1 Å². The van der Waals surface area contributed by atoms with Crippen LogP contribution in [0.4, 0.5) is 0 Å². The fourth-order valence-electron chi connectivity index (χ4n) is 3.27. The van der Waals surface area contributed by atoms with Gasteiger partial charge in [-0.3, -0.25) is 0 Å². The summed E-state index contributed by atoms with van der Waals surface area (Å²) in [7, 11) is -2.01. The molecule has 0 saturated heterocycles. The van der Waals surface area contributed by atoms with Gasteiger partial charge in [0.15, 0.2) is 11.5 Å². The first kappa shape index (κ1) is 17.8. The molecule has 0 fully saturated rings. The van der Waals surface area contributed by atoms with E-state index < -0.39 is 10.0 Å². The van der Waals surface area contributed by atoms with Gasteiger partial charge in [-0.05, 0) is 44.0 Å². The lowest BCUT2D eigenvalue weighted by Gasteiger charge is -2.29. The van der Waals surface area contributed by atoms with E-state index in [0.717, 1.165) is 16.7 Å². The third-order valence-corrected chi connectivity index (χ3v) is 6.43. The first-order valence-corrected chi connectivity index (χ1v) is 9.65. The summed E-state index contributed by atoms with van der Waals surface area (Å²) in [6, 6.07) is 11.2. The Labute approximate surface area is 149 Å². The third kappa shape index (κ3) is 3.50. The zero-order chi connectivity index (χ0) is 18.2. The second-order valence-corrected chi connectivity index (χ2v) is 8.49. The van der Waals surface area contributed by atoms with Gasteiger partial charge < -0.3 is 9.47 Å². The van der Waals surface area contributed by atoms with Gasteiger partial charge in [-0.2, -0.15) is 4.31 Å². The highest BCUT2D eigenvalue weighted by atomic mass is 32.2. The monoisotopic (exact) mass is 361 g/mol. The van der Waals surface area contributed by atoms with E-state index in [9.17, 15) is 8.42 Å². The minimum absolute atomic E-state index is 0.226. The van der Waals surface area contributed by atoms with Crippen LogP contribution >= 0.6 is 0 Å². The van der Waals surface area contributed by atoms with E-state index in [-0.39, 0.29) is 12.6 Å². The van der Waals surface area contributed by atoms with Gasteiger partial charge in [0, 0.05) is 7.05 Å². The Morgan fingerprint density at radius 3 is 2.32 bits per heavy atom. The van der Waals surface area contributed by atoms with Crippen molar-refractivity contribution >= 4 is 10.0 Å². The first-order chi connectivity index (χ1) is 11.8. The van der Waals surface area contributed by atoms with E-state index in [1.54, 1.807) is 7.05 Å². The summed E-state index contributed by atoms with van der Waals surface area (Å²) in [5.74, 6) is 1.33. The molecule has 1 unspecified atom stereocenters. The highest BCUT2D eigenvalue weighted by molar-refractivity contribution is 7.89. The molecule has 0 saturated carbocycles. The lowest BCUT2D eigenvalue weighted by atomic mass is 10.1. The van der Waals surface area contributed by atoms with Crippen molar-refractivity contribution in [1.29, 1.82) is 0 Å². The molecular formula is C19H23NO4S. The Bertz CT molecular complexity index is 869.